The summed E-state index contributed by atoms with van der Waals surface area (Å²) >= 11 is 0. The molecule has 0 aliphatic carbocycles. The van der Waals surface area contributed by atoms with E-state index in [-0.39, 0.29) is 12.5 Å². The standard InChI is InChI=1S/C9H10N2O3/c1-7(12)10-9-5-3-2-4-8(9)6-11(13)14/h2-5H,6H2,1H3,(H,10,12). The SMILES string of the molecule is CC(=O)Nc1ccccc1C[N+](=O)[O-]. The van der Waals surface area contributed by atoms with Crippen LogP contribution in [-0.4, -0.2) is 10.8 Å². The predicted molar refractivity (Wildman–Crippen MR) is 51.4 cm³/mol. The van der Waals surface area contributed by atoms with Crippen molar-refractivity contribution in [1.82, 2.24) is 0 Å². The van der Waals surface area contributed by atoms with Crippen LogP contribution in [0.1, 0.15) is 12.5 Å². The minimum atomic E-state index is -0.430. The second-order valence-corrected chi connectivity index (χ2v) is 2.83. The van der Waals surface area contributed by atoms with E-state index < -0.39 is 4.92 Å². The molecule has 1 rings (SSSR count). The Morgan fingerprint density at radius 1 is 1.50 bits per heavy atom. The lowest BCUT2D eigenvalue weighted by atomic mass is 10.2. The van der Waals surface area contributed by atoms with Crippen LogP contribution >= 0.6 is 0 Å². The van der Waals surface area contributed by atoms with Gasteiger partial charge >= 0.3 is 0 Å². The van der Waals surface area contributed by atoms with Gasteiger partial charge in [-0.1, -0.05) is 18.2 Å². The maximum atomic E-state index is 10.8. The third-order valence-electron chi connectivity index (χ3n) is 1.63. The van der Waals surface area contributed by atoms with Gasteiger partial charge in [0.1, 0.15) is 0 Å². The molecule has 0 saturated heterocycles. The maximum absolute atomic E-state index is 10.8. The van der Waals surface area contributed by atoms with Crippen LogP contribution < -0.4 is 5.32 Å². The lowest BCUT2D eigenvalue weighted by Crippen LogP contribution is -2.09. The Morgan fingerprint density at radius 2 is 2.14 bits per heavy atom. The number of nitro groups is 1. The van der Waals surface area contributed by atoms with Gasteiger partial charge < -0.3 is 5.32 Å². The van der Waals surface area contributed by atoms with Crippen molar-refractivity contribution >= 4 is 11.6 Å². The normalized spacial score (nSPS) is 9.50. The molecule has 0 fully saturated rings. The van der Waals surface area contributed by atoms with Gasteiger partial charge in [0, 0.05) is 17.4 Å². The van der Waals surface area contributed by atoms with E-state index in [2.05, 4.69) is 5.32 Å². The molecule has 74 valence electrons. The molecule has 0 aliphatic heterocycles. The fourth-order valence-electron chi connectivity index (χ4n) is 1.11. The summed E-state index contributed by atoms with van der Waals surface area (Å²) in [4.78, 5) is 20.6. The lowest BCUT2D eigenvalue weighted by molar-refractivity contribution is -0.496. The Hall–Kier alpha value is -1.91. The van der Waals surface area contributed by atoms with E-state index in [1.807, 2.05) is 0 Å². The molecule has 0 atom stereocenters. The molecule has 5 nitrogen and oxygen atoms in total. The van der Waals surface area contributed by atoms with Crippen molar-refractivity contribution in [2.45, 2.75) is 13.5 Å². The van der Waals surface area contributed by atoms with Gasteiger partial charge in [-0.2, -0.15) is 0 Å². The summed E-state index contributed by atoms with van der Waals surface area (Å²) < 4.78 is 0. The molecule has 0 aliphatic rings. The Balaban J connectivity index is 2.90. The Bertz CT molecular complexity index is 328. The van der Waals surface area contributed by atoms with Crippen LogP contribution in [0.5, 0.6) is 0 Å². The Labute approximate surface area is 80.9 Å². The van der Waals surface area contributed by atoms with Crippen LogP contribution in [0.3, 0.4) is 0 Å². The van der Waals surface area contributed by atoms with Crippen molar-refractivity contribution in [3.8, 4) is 0 Å². The fourth-order valence-corrected chi connectivity index (χ4v) is 1.11. The van der Waals surface area contributed by atoms with Crippen molar-refractivity contribution in [3.63, 3.8) is 0 Å². The maximum Gasteiger partial charge on any atom is 0.230 e. The lowest BCUT2D eigenvalue weighted by Gasteiger charge is -2.05. The summed E-state index contributed by atoms with van der Waals surface area (Å²) in [5.74, 6) is -0.235. The number of carbonyl (C=O) groups excluding carboxylic acids is 1. The number of para-hydroxylation sites is 1. The molecule has 0 aromatic heterocycles. The van der Waals surface area contributed by atoms with Gasteiger partial charge in [0.2, 0.25) is 12.5 Å². The molecule has 1 aromatic rings. The molecule has 1 aromatic carbocycles. The summed E-state index contributed by atoms with van der Waals surface area (Å²) in [5, 5.41) is 12.8. The van der Waals surface area contributed by atoms with E-state index >= 15 is 0 Å². The number of hydrogen-bond donors (Lipinski definition) is 1. The minimum Gasteiger partial charge on any atom is -0.326 e. The number of carbonyl (C=O) groups is 1. The van der Waals surface area contributed by atoms with E-state index in [1.54, 1.807) is 24.3 Å². The number of nitrogens with one attached hydrogen (secondary N) is 1. The number of rotatable bonds is 3. The van der Waals surface area contributed by atoms with Crippen molar-refractivity contribution < 1.29 is 9.72 Å². The molecule has 0 unspecified atom stereocenters. The number of amides is 1. The monoisotopic (exact) mass is 194 g/mol. The minimum absolute atomic E-state index is 0.235. The molecule has 0 saturated carbocycles. The molecule has 0 bridgehead atoms. The number of benzene rings is 1. The van der Waals surface area contributed by atoms with Gasteiger partial charge in [0.05, 0.1) is 5.69 Å². The molecule has 0 heterocycles. The third-order valence-corrected chi connectivity index (χ3v) is 1.63. The average molecular weight is 194 g/mol. The van der Waals surface area contributed by atoms with Crippen molar-refractivity contribution in [1.29, 1.82) is 0 Å². The van der Waals surface area contributed by atoms with E-state index in [0.29, 0.717) is 11.3 Å². The van der Waals surface area contributed by atoms with E-state index in [1.165, 1.54) is 6.92 Å². The quantitative estimate of drug-likeness (QED) is 0.584. The summed E-state index contributed by atoms with van der Waals surface area (Å²) in [6.45, 7) is 1.08. The van der Waals surface area contributed by atoms with Crippen LogP contribution in [-0.2, 0) is 11.3 Å². The first-order valence-corrected chi connectivity index (χ1v) is 4.07. The van der Waals surface area contributed by atoms with Crippen LogP contribution in [0.4, 0.5) is 5.69 Å². The van der Waals surface area contributed by atoms with E-state index in [9.17, 15) is 14.9 Å². The third kappa shape index (κ3) is 2.85. The van der Waals surface area contributed by atoms with Crippen LogP contribution in [0.2, 0.25) is 0 Å². The summed E-state index contributed by atoms with van der Waals surface area (Å²) in [6.07, 6.45) is 0. The second kappa shape index (κ2) is 4.36. The highest BCUT2D eigenvalue weighted by Crippen LogP contribution is 2.15. The van der Waals surface area contributed by atoms with Gasteiger partial charge in [-0.05, 0) is 6.07 Å². The van der Waals surface area contributed by atoms with Crippen LogP contribution in [0.25, 0.3) is 0 Å². The molecule has 5 heteroatoms. The van der Waals surface area contributed by atoms with Gasteiger partial charge in [-0.15, -0.1) is 0 Å². The molecular weight excluding hydrogens is 184 g/mol. The first-order valence-electron chi connectivity index (χ1n) is 4.07. The van der Waals surface area contributed by atoms with Crippen molar-refractivity contribution in [2.24, 2.45) is 0 Å². The molecule has 1 N–H and O–H groups in total. The smallest absolute Gasteiger partial charge is 0.230 e. The van der Waals surface area contributed by atoms with Gasteiger partial charge in [-0.25, -0.2) is 0 Å². The Morgan fingerprint density at radius 3 is 2.71 bits per heavy atom. The highest BCUT2D eigenvalue weighted by molar-refractivity contribution is 5.89. The molecule has 1 amide bonds. The Kier molecular flexibility index (Phi) is 3.17. The topological polar surface area (TPSA) is 72.2 Å². The fraction of sp³-hybridized carbons (Fsp3) is 0.222. The second-order valence-electron chi connectivity index (χ2n) is 2.83. The summed E-state index contributed by atoms with van der Waals surface area (Å²) in [6, 6.07) is 6.67. The first kappa shape index (κ1) is 10.2. The van der Waals surface area contributed by atoms with Crippen LogP contribution in [0, 0.1) is 10.1 Å². The zero-order valence-corrected chi connectivity index (χ0v) is 7.69. The number of nitrogens with zero attached hydrogens (tertiary/aromatic N) is 1. The zero-order valence-electron chi connectivity index (χ0n) is 7.69. The van der Waals surface area contributed by atoms with Gasteiger partial charge in [-0.3, -0.25) is 14.9 Å². The molecular formula is C9H10N2O3. The average Bonchev–Trinajstić information content (AvgIpc) is 2.06. The van der Waals surface area contributed by atoms with Crippen LogP contribution in [0.15, 0.2) is 24.3 Å². The largest absolute Gasteiger partial charge is 0.326 e. The van der Waals surface area contributed by atoms with E-state index in [0.717, 1.165) is 0 Å². The van der Waals surface area contributed by atoms with Crippen molar-refractivity contribution in [2.75, 3.05) is 5.32 Å². The zero-order chi connectivity index (χ0) is 10.6. The number of anilines is 1. The van der Waals surface area contributed by atoms with Gasteiger partial charge in [0.15, 0.2) is 0 Å². The van der Waals surface area contributed by atoms with E-state index in [4.69, 9.17) is 0 Å². The predicted octanol–water partition coefficient (Wildman–Crippen LogP) is 1.42. The molecule has 0 spiro atoms. The number of hydrogen-bond acceptors (Lipinski definition) is 3. The highest BCUT2D eigenvalue weighted by Gasteiger charge is 2.07. The summed E-state index contributed by atoms with van der Waals surface area (Å²) in [7, 11) is 0. The molecule has 14 heavy (non-hydrogen) atoms. The highest BCUT2D eigenvalue weighted by atomic mass is 16.6. The molecule has 0 radical (unpaired) electrons. The van der Waals surface area contributed by atoms with Crippen molar-refractivity contribution in [3.05, 3.63) is 39.9 Å². The first-order chi connectivity index (χ1) is 6.59. The summed E-state index contributed by atoms with van der Waals surface area (Å²) in [5.41, 5.74) is 1.00. The van der Waals surface area contributed by atoms with Gasteiger partial charge in [0.25, 0.3) is 0 Å².